The summed E-state index contributed by atoms with van der Waals surface area (Å²) in [4.78, 5) is 26.2. The normalized spacial score (nSPS) is 14.6. The number of nitrogens with zero attached hydrogens (tertiary/aromatic N) is 5. The van der Waals surface area contributed by atoms with Crippen LogP contribution in [0.2, 0.25) is 0 Å². The van der Waals surface area contributed by atoms with Gasteiger partial charge in [-0.15, -0.1) is 11.3 Å². The maximum atomic E-state index is 11.1. The lowest BCUT2D eigenvalue weighted by Crippen LogP contribution is -2.46. The first-order valence-corrected chi connectivity index (χ1v) is 9.42. The van der Waals surface area contributed by atoms with Crippen LogP contribution in [0, 0.1) is 17.0 Å². The van der Waals surface area contributed by atoms with Crippen molar-refractivity contribution in [3.8, 4) is 5.75 Å². The Hall–Kier alpha value is -2.94. The summed E-state index contributed by atoms with van der Waals surface area (Å²) in [6.07, 6.45) is 1.63. The van der Waals surface area contributed by atoms with E-state index in [9.17, 15) is 10.1 Å². The van der Waals surface area contributed by atoms with Crippen LogP contribution in [0.1, 0.15) is 4.88 Å². The monoisotopic (exact) mass is 385 g/mol. The molecule has 0 N–H and O–H groups in total. The van der Waals surface area contributed by atoms with E-state index in [1.807, 2.05) is 0 Å². The van der Waals surface area contributed by atoms with Crippen molar-refractivity contribution in [3.05, 3.63) is 45.6 Å². The number of aryl methyl sites for hydroxylation is 1. The maximum Gasteiger partial charge on any atom is 0.311 e. The third kappa shape index (κ3) is 3.25. The molecule has 27 heavy (non-hydrogen) atoms. The molecule has 9 heteroatoms. The highest BCUT2D eigenvalue weighted by atomic mass is 32.1. The fourth-order valence-electron chi connectivity index (χ4n) is 3.41. The van der Waals surface area contributed by atoms with Crippen LogP contribution in [-0.2, 0) is 0 Å². The van der Waals surface area contributed by atoms with Crippen molar-refractivity contribution in [2.24, 2.45) is 0 Å². The number of fused-ring (bicyclic) bond motifs is 1. The Bertz CT molecular complexity index is 998. The number of ether oxygens (including phenoxy) is 1. The molecule has 1 aliphatic heterocycles. The van der Waals surface area contributed by atoms with Crippen LogP contribution >= 0.6 is 11.3 Å². The molecule has 8 nitrogen and oxygen atoms in total. The summed E-state index contributed by atoms with van der Waals surface area (Å²) in [7, 11) is 1.45. The van der Waals surface area contributed by atoms with Gasteiger partial charge in [0.15, 0.2) is 5.75 Å². The third-order valence-corrected chi connectivity index (χ3v) is 5.69. The van der Waals surface area contributed by atoms with Gasteiger partial charge >= 0.3 is 5.69 Å². The highest BCUT2D eigenvalue weighted by molar-refractivity contribution is 7.18. The molecule has 1 fully saturated rings. The van der Waals surface area contributed by atoms with Crippen molar-refractivity contribution in [3.63, 3.8) is 0 Å². The summed E-state index contributed by atoms with van der Waals surface area (Å²) < 4.78 is 5.18. The first kappa shape index (κ1) is 17.5. The number of methoxy groups -OCH3 is 1. The number of aromatic nitrogens is 2. The lowest BCUT2D eigenvalue weighted by atomic mass is 10.2. The van der Waals surface area contributed by atoms with Crippen molar-refractivity contribution in [1.29, 1.82) is 0 Å². The minimum Gasteiger partial charge on any atom is -0.490 e. The van der Waals surface area contributed by atoms with E-state index in [2.05, 4.69) is 32.8 Å². The minimum atomic E-state index is -0.427. The van der Waals surface area contributed by atoms with Crippen LogP contribution in [0.5, 0.6) is 5.75 Å². The third-order valence-electron chi connectivity index (χ3n) is 4.74. The zero-order chi connectivity index (χ0) is 19.0. The molecule has 1 saturated heterocycles. The van der Waals surface area contributed by atoms with Gasteiger partial charge in [0, 0.05) is 48.9 Å². The molecule has 0 saturated carbocycles. The van der Waals surface area contributed by atoms with Gasteiger partial charge < -0.3 is 14.5 Å². The van der Waals surface area contributed by atoms with Crippen LogP contribution in [0.15, 0.2) is 30.6 Å². The second-order valence-electron chi connectivity index (χ2n) is 6.36. The fraction of sp³-hybridized carbons (Fsp3) is 0.333. The van der Waals surface area contributed by atoms with Gasteiger partial charge in [0.05, 0.1) is 17.4 Å². The summed E-state index contributed by atoms with van der Waals surface area (Å²) in [6, 6.07) is 7.16. The van der Waals surface area contributed by atoms with Crippen molar-refractivity contribution >= 4 is 38.7 Å². The molecule has 0 aliphatic carbocycles. The topological polar surface area (TPSA) is 84.6 Å². The number of anilines is 2. The Morgan fingerprint density at radius 2 is 1.89 bits per heavy atom. The zero-order valence-corrected chi connectivity index (χ0v) is 15.9. The van der Waals surface area contributed by atoms with Gasteiger partial charge in [-0.25, -0.2) is 9.97 Å². The number of nitro groups is 1. The second-order valence-corrected chi connectivity index (χ2v) is 7.60. The molecule has 0 bridgehead atoms. The van der Waals surface area contributed by atoms with E-state index in [1.54, 1.807) is 29.8 Å². The quantitative estimate of drug-likeness (QED) is 0.503. The van der Waals surface area contributed by atoms with E-state index in [0.29, 0.717) is 0 Å². The molecule has 3 aromatic rings. The smallest absolute Gasteiger partial charge is 0.311 e. The molecule has 140 valence electrons. The summed E-state index contributed by atoms with van der Waals surface area (Å²) >= 11 is 1.68. The first-order chi connectivity index (χ1) is 13.1. The van der Waals surface area contributed by atoms with Gasteiger partial charge in [-0.05, 0) is 19.1 Å². The lowest BCUT2D eigenvalue weighted by Gasteiger charge is -2.37. The molecule has 0 spiro atoms. The molecular weight excluding hydrogens is 366 g/mol. The Morgan fingerprint density at radius 3 is 2.59 bits per heavy atom. The number of hydrogen-bond acceptors (Lipinski definition) is 8. The Labute approximate surface area is 160 Å². The van der Waals surface area contributed by atoms with Gasteiger partial charge in [-0.2, -0.15) is 0 Å². The molecule has 4 rings (SSSR count). The number of benzene rings is 1. The summed E-state index contributed by atoms with van der Waals surface area (Å²) in [5, 5.41) is 12.2. The molecule has 3 heterocycles. The lowest BCUT2D eigenvalue weighted by molar-refractivity contribution is -0.385. The van der Waals surface area contributed by atoms with Gasteiger partial charge in [-0.3, -0.25) is 10.1 Å². The molecule has 2 aromatic heterocycles. The zero-order valence-electron chi connectivity index (χ0n) is 15.1. The maximum absolute atomic E-state index is 11.1. The molecule has 0 radical (unpaired) electrons. The van der Waals surface area contributed by atoms with Crippen molar-refractivity contribution < 1.29 is 9.66 Å². The van der Waals surface area contributed by atoms with E-state index in [4.69, 9.17) is 4.74 Å². The van der Waals surface area contributed by atoms with Crippen LogP contribution in [0.25, 0.3) is 10.2 Å². The molecular formula is C18H19N5O3S. The highest BCUT2D eigenvalue weighted by Gasteiger charge is 2.23. The SMILES string of the molecule is COc1cc(N2CCN(c3ncnc4sc(C)cc34)CC2)ccc1[N+](=O)[O-]. The Balaban J connectivity index is 1.53. The van der Waals surface area contributed by atoms with Gasteiger partial charge in [0.25, 0.3) is 0 Å². The van der Waals surface area contributed by atoms with Crippen LogP contribution in [0.4, 0.5) is 17.2 Å². The number of nitro benzene ring substituents is 1. The van der Waals surface area contributed by atoms with E-state index < -0.39 is 4.92 Å². The van der Waals surface area contributed by atoms with Gasteiger partial charge in [0.1, 0.15) is 17.0 Å². The van der Waals surface area contributed by atoms with E-state index in [1.165, 1.54) is 18.1 Å². The average molecular weight is 385 g/mol. The van der Waals surface area contributed by atoms with Crippen LogP contribution < -0.4 is 14.5 Å². The first-order valence-electron chi connectivity index (χ1n) is 8.60. The molecule has 0 unspecified atom stereocenters. The molecule has 0 amide bonds. The van der Waals surface area contributed by atoms with E-state index in [0.717, 1.165) is 47.9 Å². The molecule has 1 aromatic carbocycles. The molecule has 1 aliphatic rings. The Morgan fingerprint density at radius 1 is 1.15 bits per heavy atom. The standard InChI is InChI=1S/C18H19N5O3S/c1-12-9-14-17(19-11-20-18(14)27-12)22-7-5-21(6-8-22)13-3-4-15(23(24)25)16(10-13)26-2/h3-4,9-11H,5-8H2,1-2H3. The van der Waals surface area contributed by atoms with E-state index in [-0.39, 0.29) is 11.4 Å². The fourth-order valence-corrected chi connectivity index (χ4v) is 4.25. The van der Waals surface area contributed by atoms with Crippen molar-refractivity contribution in [2.75, 3.05) is 43.1 Å². The van der Waals surface area contributed by atoms with Gasteiger partial charge in [-0.1, -0.05) is 0 Å². The van der Waals surface area contributed by atoms with Crippen molar-refractivity contribution in [1.82, 2.24) is 9.97 Å². The highest BCUT2D eigenvalue weighted by Crippen LogP contribution is 2.33. The van der Waals surface area contributed by atoms with Gasteiger partial charge in [0.2, 0.25) is 0 Å². The largest absolute Gasteiger partial charge is 0.490 e. The van der Waals surface area contributed by atoms with E-state index >= 15 is 0 Å². The number of rotatable bonds is 4. The minimum absolute atomic E-state index is 0.0175. The second kappa shape index (κ2) is 6.99. The predicted molar refractivity (Wildman–Crippen MR) is 106 cm³/mol. The average Bonchev–Trinajstić information content (AvgIpc) is 3.07. The summed E-state index contributed by atoms with van der Waals surface area (Å²) in [5.74, 6) is 1.26. The molecule has 0 atom stereocenters. The van der Waals surface area contributed by atoms with Crippen LogP contribution in [-0.4, -0.2) is 48.2 Å². The Kier molecular flexibility index (Phi) is 4.53. The summed E-state index contributed by atoms with van der Waals surface area (Å²) in [5.41, 5.74) is 0.910. The number of piperazine rings is 1. The van der Waals surface area contributed by atoms with Crippen molar-refractivity contribution in [2.45, 2.75) is 6.92 Å². The van der Waals surface area contributed by atoms with Crippen LogP contribution in [0.3, 0.4) is 0 Å². The summed E-state index contributed by atoms with van der Waals surface area (Å²) in [6.45, 7) is 5.32. The number of thiophene rings is 1. The number of hydrogen-bond donors (Lipinski definition) is 0. The predicted octanol–water partition coefficient (Wildman–Crippen LogP) is 3.24.